The molecule has 1 heterocycles. The molecule has 0 bridgehead atoms. The van der Waals surface area contributed by atoms with Crippen molar-refractivity contribution in [2.75, 3.05) is 7.11 Å². The van der Waals surface area contributed by atoms with Crippen LogP contribution in [0.4, 0.5) is 0 Å². The Hall–Kier alpha value is -2.62. The number of hydrogen-bond acceptors (Lipinski definition) is 3. The van der Waals surface area contributed by atoms with Gasteiger partial charge in [0.1, 0.15) is 5.75 Å². The van der Waals surface area contributed by atoms with Crippen molar-refractivity contribution >= 4 is 17.2 Å². The average molecular weight is 293 g/mol. The molecule has 1 aromatic heterocycles. The highest BCUT2D eigenvalue weighted by Crippen LogP contribution is 2.26. The summed E-state index contributed by atoms with van der Waals surface area (Å²) in [6.07, 6.45) is 3.73. The number of hydrogen-bond donors (Lipinski definition) is 0. The molecule has 0 amide bonds. The van der Waals surface area contributed by atoms with Gasteiger partial charge in [0.15, 0.2) is 0 Å². The van der Waals surface area contributed by atoms with Gasteiger partial charge in [-0.3, -0.25) is 4.99 Å². The molecule has 0 saturated heterocycles. The first-order valence-corrected chi connectivity index (χ1v) is 7.26. The molecule has 3 aromatic rings. The summed E-state index contributed by atoms with van der Waals surface area (Å²) in [5.74, 6) is 0.870. The van der Waals surface area contributed by atoms with Gasteiger partial charge in [-0.1, -0.05) is 24.3 Å². The molecule has 0 saturated carbocycles. The lowest BCUT2D eigenvalue weighted by atomic mass is 10.1. The largest absolute Gasteiger partial charge is 0.496 e. The van der Waals surface area contributed by atoms with Crippen molar-refractivity contribution in [3.05, 3.63) is 59.9 Å². The number of imidazole rings is 1. The Morgan fingerprint density at radius 3 is 2.86 bits per heavy atom. The third kappa shape index (κ3) is 2.72. The molecule has 22 heavy (non-hydrogen) atoms. The summed E-state index contributed by atoms with van der Waals surface area (Å²) in [6.45, 7) is 2.07. The van der Waals surface area contributed by atoms with E-state index in [1.54, 1.807) is 7.11 Å². The molecule has 1 unspecified atom stereocenters. The number of fused-ring (bicyclic) bond motifs is 1. The number of rotatable bonds is 4. The van der Waals surface area contributed by atoms with Crippen molar-refractivity contribution in [2.45, 2.75) is 13.0 Å². The maximum absolute atomic E-state index is 5.40. The second kappa shape index (κ2) is 6.02. The molecule has 4 heteroatoms. The summed E-state index contributed by atoms with van der Waals surface area (Å²) in [5, 5.41) is 0. The predicted octanol–water partition coefficient (Wildman–Crippen LogP) is 3.76. The van der Waals surface area contributed by atoms with Gasteiger partial charge in [0.25, 0.3) is 0 Å². The van der Waals surface area contributed by atoms with Gasteiger partial charge >= 0.3 is 0 Å². The van der Waals surface area contributed by atoms with E-state index >= 15 is 0 Å². The smallest absolute Gasteiger partial charge is 0.124 e. The van der Waals surface area contributed by atoms with Gasteiger partial charge < -0.3 is 9.30 Å². The quantitative estimate of drug-likeness (QED) is 0.687. The molecular formula is C18H19N3O. The summed E-state index contributed by atoms with van der Waals surface area (Å²) in [5.41, 5.74) is 4.26. The van der Waals surface area contributed by atoms with Gasteiger partial charge in [0.05, 0.1) is 30.5 Å². The normalized spacial score (nSPS) is 12.9. The van der Waals surface area contributed by atoms with E-state index in [9.17, 15) is 0 Å². The Morgan fingerprint density at radius 2 is 2.05 bits per heavy atom. The summed E-state index contributed by atoms with van der Waals surface area (Å²) < 4.78 is 7.41. The van der Waals surface area contributed by atoms with Crippen molar-refractivity contribution in [1.82, 2.24) is 9.55 Å². The molecule has 0 N–H and O–H groups in total. The third-order valence-corrected chi connectivity index (χ3v) is 3.79. The van der Waals surface area contributed by atoms with Crippen molar-refractivity contribution in [3.63, 3.8) is 0 Å². The lowest BCUT2D eigenvalue weighted by Crippen LogP contribution is -1.96. The van der Waals surface area contributed by atoms with Gasteiger partial charge in [0, 0.05) is 18.8 Å². The third-order valence-electron chi connectivity index (χ3n) is 3.79. The van der Waals surface area contributed by atoms with E-state index in [0.29, 0.717) is 0 Å². The van der Waals surface area contributed by atoms with E-state index in [4.69, 9.17) is 4.74 Å². The summed E-state index contributed by atoms with van der Waals surface area (Å²) >= 11 is 0. The molecule has 0 aliphatic carbocycles. The van der Waals surface area contributed by atoms with Crippen LogP contribution in [0.1, 0.15) is 24.1 Å². The Kier molecular flexibility index (Phi) is 3.92. The summed E-state index contributed by atoms with van der Waals surface area (Å²) in [7, 11) is 3.68. The van der Waals surface area contributed by atoms with Gasteiger partial charge in [0.2, 0.25) is 0 Å². The predicted molar refractivity (Wildman–Crippen MR) is 89.7 cm³/mol. The first-order chi connectivity index (χ1) is 10.7. The van der Waals surface area contributed by atoms with Crippen LogP contribution in [0.2, 0.25) is 0 Å². The molecular weight excluding hydrogens is 274 g/mol. The van der Waals surface area contributed by atoms with Crippen LogP contribution in [-0.4, -0.2) is 22.9 Å². The molecule has 0 radical (unpaired) electrons. The highest BCUT2D eigenvalue weighted by atomic mass is 16.5. The zero-order valence-corrected chi connectivity index (χ0v) is 13.0. The fourth-order valence-corrected chi connectivity index (χ4v) is 2.51. The zero-order chi connectivity index (χ0) is 15.5. The van der Waals surface area contributed by atoms with Crippen molar-refractivity contribution in [2.24, 2.45) is 12.0 Å². The minimum atomic E-state index is 0.0402. The van der Waals surface area contributed by atoms with Crippen LogP contribution in [0, 0.1) is 0 Å². The molecule has 0 aliphatic rings. The molecule has 0 fully saturated rings. The molecule has 112 valence electrons. The fraction of sp³-hybridized carbons (Fsp3) is 0.222. The maximum atomic E-state index is 5.40. The summed E-state index contributed by atoms with van der Waals surface area (Å²) in [6, 6.07) is 14.2. The number of aryl methyl sites for hydroxylation is 1. The minimum Gasteiger partial charge on any atom is -0.496 e. The number of methoxy groups -OCH3 is 1. The first kappa shape index (κ1) is 14.3. The monoisotopic (exact) mass is 293 g/mol. The van der Waals surface area contributed by atoms with E-state index in [1.807, 2.05) is 60.6 Å². The molecule has 1 atom stereocenters. The van der Waals surface area contributed by atoms with E-state index in [-0.39, 0.29) is 6.04 Å². The van der Waals surface area contributed by atoms with Crippen LogP contribution >= 0.6 is 0 Å². The van der Waals surface area contributed by atoms with Crippen molar-refractivity contribution in [1.29, 1.82) is 0 Å². The number of aromatic nitrogens is 2. The number of benzene rings is 2. The Balaban J connectivity index is 1.86. The standard InChI is InChI=1S/C18H19N3O/c1-13(15-6-4-5-7-18(15)22-3)19-11-14-8-9-16-17(10-14)21(2)12-20-16/h4-13H,1-3H3/b19-11+. The SMILES string of the molecule is COc1ccccc1C(C)/N=C/c1ccc2ncn(C)c2c1. The van der Waals surface area contributed by atoms with Gasteiger partial charge in [-0.25, -0.2) is 4.98 Å². The van der Waals surface area contributed by atoms with E-state index in [2.05, 4.69) is 23.0 Å². The molecule has 2 aromatic carbocycles. The van der Waals surface area contributed by atoms with Crippen LogP contribution in [0.3, 0.4) is 0 Å². The van der Waals surface area contributed by atoms with Crippen LogP contribution in [0.15, 0.2) is 53.8 Å². The molecule has 3 rings (SSSR count). The van der Waals surface area contributed by atoms with Crippen molar-refractivity contribution in [3.8, 4) is 5.75 Å². The van der Waals surface area contributed by atoms with Gasteiger partial charge in [-0.05, 0) is 30.7 Å². The van der Waals surface area contributed by atoms with Crippen LogP contribution in [0.25, 0.3) is 11.0 Å². The fourth-order valence-electron chi connectivity index (χ4n) is 2.51. The van der Waals surface area contributed by atoms with Crippen LogP contribution < -0.4 is 4.74 Å². The van der Waals surface area contributed by atoms with Crippen LogP contribution in [-0.2, 0) is 7.05 Å². The highest BCUT2D eigenvalue weighted by Gasteiger charge is 2.08. The number of aliphatic imine (C=N–C) groups is 1. The van der Waals surface area contributed by atoms with Gasteiger partial charge in [-0.2, -0.15) is 0 Å². The topological polar surface area (TPSA) is 39.4 Å². The maximum Gasteiger partial charge on any atom is 0.124 e. The first-order valence-electron chi connectivity index (χ1n) is 7.26. The lowest BCUT2D eigenvalue weighted by molar-refractivity contribution is 0.407. The number of para-hydroxylation sites is 1. The molecule has 4 nitrogen and oxygen atoms in total. The second-order valence-electron chi connectivity index (χ2n) is 5.30. The number of ether oxygens (including phenoxy) is 1. The Labute approximate surface area is 130 Å². The van der Waals surface area contributed by atoms with E-state index in [0.717, 1.165) is 27.9 Å². The van der Waals surface area contributed by atoms with Gasteiger partial charge in [-0.15, -0.1) is 0 Å². The minimum absolute atomic E-state index is 0.0402. The number of nitrogens with zero attached hydrogens (tertiary/aromatic N) is 3. The zero-order valence-electron chi connectivity index (χ0n) is 13.0. The van der Waals surface area contributed by atoms with Crippen LogP contribution in [0.5, 0.6) is 5.75 Å². The second-order valence-corrected chi connectivity index (χ2v) is 5.30. The molecule has 0 spiro atoms. The highest BCUT2D eigenvalue weighted by molar-refractivity contribution is 5.87. The van der Waals surface area contributed by atoms with Crippen molar-refractivity contribution < 1.29 is 4.74 Å². The Morgan fingerprint density at radius 1 is 1.23 bits per heavy atom. The van der Waals surface area contributed by atoms with E-state index < -0.39 is 0 Å². The average Bonchev–Trinajstić information content (AvgIpc) is 2.93. The van der Waals surface area contributed by atoms with E-state index in [1.165, 1.54) is 0 Å². The summed E-state index contributed by atoms with van der Waals surface area (Å²) in [4.78, 5) is 8.99. The molecule has 0 aliphatic heterocycles. The lowest BCUT2D eigenvalue weighted by Gasteiger charge is -2.11. The Bertz CT molecular complexity index is 820.